The van der Waals surface area contributed by atoms with Gasteiger partial charge in [-0.25, -0.2) is 0 Å². The molecule has 6 rings (SSSR count). The fourth-order valence-electron chi connectivity index (χ4n) is 6.68. The molecule has 1 spiro atoms. The van der Waals surface area contributed by atoms with E-state index in [9.17, 15) is 10.2 Å². The Hall–Kier alpha value is -3.25. The second-order valence-corrected chi connectivity index (χ2v) is 10.7. The van der Waals surface area contributed by atoms with Crippen LogP contribution in [0.1, 0.15) is 59.0 Å². The molecule has 180 valence electrons. The summed E-state index contributed by atoms with van der Waals surface area (Å²) in [5, 5.41) is 29.0. The molecule has 5 atom stereocenters. The van der Waals surface area contributed by atoms with Crippen LogP contribution in [0.15, 0.2) is 60.7 Å². The molecule has 35 heavy (non-hydrogen) atoms. The molecule has 0 bridgehead atoms. The number of aryl methyl sites for hydroxylation is 2. The Bertz CT molecular complexity index is 1330. The van der Waals surface area contributed by atoms with E-state index in [1.807, 2.05) is 6.07 Å². The third-order valence-electron chi connectivity index (χ3n) is 8.08. The molecular weight excluding hydrogens is 456 g/mol. The molecular formula is C29H30N2O3S. The molecule has 0 unspecified atom stereocenters. The minimum Gasteiger partial charge on any atom is -0.504 e. The molecule has 5 nitrogen and oxygen atoms in total. The maximum absolute atomic E-state index is 11.0. The monoisotopic (exact) mass is 486 g/mol. The highest BCUT2D eigenvalue weighted by Gasteiger charge is 2.61. The van der Waals surface area contributed by atoms with Crippen molar-refractivity contribution in [2.75, 3.05) is 0 Å². The Kier molecular flexibility index (Phi) is 5.18. The van der Waals surface area contributed by atoms with Crippen LogP contribution in [0.4, 0.5) is 0 Å². The third-order valence-corrected chi connectivity index (χ3v) is 8.30. The molecule has 2 fully saturated rings. The molecule has 3 aliphatic rings. The fraction of sp³-hybridized carbons (Fsp3) is 0.345. The summed E-state index contributed by atoms with van der Waals surface area (Å²) in [6, 6.07) is 20.5. The number of hydrogen-bond donors (Lipinski definition) is 4. The Balaban J connectivity index is 1.57. The summed E-state index contributed by atoms with van der Waals surface area (Å²) in [6.45, 7) is 4.20. The van der Waals surface area contributed by atoms with Gasteiger partial charge >= 0.3 is 0 Å². The lowest BCUT2D eigenvalue weighted by molar-refractivity contribution is -0.122. The van der Waals surface area contributed by atoms with Gasteiger partial charge in [-0.15, -0.1) is 0 Å². The van der Waals surface area contributed by atoms with Gasteiger partial charge in [0.25, 0.3) is 0 Å². The number of benzene rings is 3. The molecule has 3 aromatic rings. The third kappa shape index (κ3) is 3.46. The number of hydrogen-bond acceptors (Lipinski definition) is 4. The number of ether oxygens (including phenoxy) is 1. The van der Waals surface area contributed by atoms with Crippen molar-refractivity contribution in [1.82, 2.24) is 10.6 Å². The van der Waals surface area contributed by atoms with Crippen molar-refractivity contribution in [2.45, 2.75) is 50.8 Å². The maximum Gasteiger partial charge on any atom is 0.200 e. The van der Waals surface area contributed by atoms with E-state index in [4.69, 9.17) is 17.0 Å². The van der Waals surface area contributed by atoms with E-state index in [2.05, 4.69) is 73.0 Å². The quantitative estimate of drug-likeness (QED) is 0.280. The summed E-state index contributed by atoms with van der Waals surface area (Å²) in [5.41, 5.74) is 4.84. The summed E-state index contributed by atoms with van der Waals surface area (Å²) < 4.78 is 6.82. The van der Waals surface area contributed by atoms with E-state index in [0.717, 1.165) is 24.8 Å². The molecule has 3 aromatic carbocycles. The van der Waals surface area contributed by atoms with Crippen molar-refractivity contribution in [3.63, 3.8) is 0 Å². The molecule has 1 aliphatic carbocycles. The SMILES string of the molecule is Cc1cccc([C@H]2c3ccc(O)c(O)c3O[C@@]34NC(=S)N[C@@H](c5cccc(C)c5)[C@H]3CCC[C@H]24)c1. The van der Waals surface area contributed by atoms with Crippen molar-refractivity contribution in [3.05, 3.63) is 88.5 Å². The van der Waals surface area contributed by atoms with Gasteiger partial charge in [-0.2, -0.15) is 0 Å². The average Bonchev–Trinajstić information content (AvgIpc) is 2.83. The Labute approximate surface area is 211 Å². The highest BCUT2D eigenvalue weighted by molar-refractivity contribution is 7.80. The van der Waals surface area contributed by atoms with Gasteiger partial charge in [0.05, 0.1) is 6.04 Å². The number of phenolic OH excluding ortho intramolecular Hbond substituents is 2. The van der Waals surface area contributed by atoms with E-state index in [1.165, 1.54) is 22.3 Å². The second-order valence-electron chi connectivity index (χ2n) is 10.3. The number of thiocarbonyl (C=S) groups is 1. The number of rotatable bonds is 2. The maximum atomic E-state index is 11.0. The van der Waals surface area contributed by atoms with Gasteiger partial charge in [0, 0.05) is 23.3 Å². The van der Waals surface area contributed by atoms with Gasteiger partial charge in [0.15, 0.2) is 22.3 Å². The molecule has 0 amide bonds. The lowest BCUT2D eigenvalue weighted by atomic mass is 9.60. The predicted molar refractivity (Wildman–Crippen MR) is 140 cm³/mol. The first kappa shape index (κ1) is 22.2. The van der Waals surface area contributed by atoms with Crippen LogP contribution in [0.2, 0.25) is 0 Å². The zero-order chi connectivity index (χ0) is 24.3. The van der Waals surface area contributed by atoms with Crippen LogP contribution >= 0.6 is 12.2 Å². The molecule has 1 saturated carbocycles. The summed E-state index contributed by atoms with van der Waals surface area (Å²) in [5.74, 6) is 0.0968. The summed E-state index contributed by atoms with van der Waals surface area (Å²) in [4.78, 5) is 0. The predicted octanol–water partition coefficient (Wildman–Crippen LogP) is 5.57. The van der Waals surface area contributed by atoms with Gasteiger partial charge in [-0.05, 0) is 56.1 Å². The summed E-state index contributed by atoms with van der Waals surface area (Å²) >= 11 is 5.77. The molecule has 2 aliphatic heterocycles. The Morgan fingerprint density at radius 3 is 2.34 bits per heavy atom. The van der Waals surface area contributed by atoms with Crippen LogP contribution in [0.25, 0.3) is 0 Å². The minimum atomic E-state index is -0.818. The minimum absolute atomic E-state index is 0.0143. The van der Waals surface area contributed by atoms with E-state index < -0.39 is 5.72 Å². The average molecular weight is 487 g/mol. The van der Waals surface area contributed by atoms with E-state index in [1.54, 1.807) is 6.07 Å². The highest BCUT2D eigenvalue weighted by Crippen LogP contribution is 2.60. The zero-order valence-electron chi connectivity index (χ0n) is 19.9. The standard InChI is InChI=1S/C29H30N2O3S/c1-16-6-3-8-18(14-16)24-20-12-13-23(32)26(33)27(20)34-29-21(24)10-5-11-22(29)25(30-28(35)31-29)19-9-4-7-17(2)15-19/h3-4,6-9,12-15,21-22,24-25,32-33H,5,10-11H2,1-2H3,(H2,30,31,35)/t21-,22-,24+,25+,29-/m1/s1. The van der Waals surface area contributed by atoms with Crippen molar-refractivity contribution in [2.24, 2.45) is 11.8 Å². The van der Waals surface area contributed by atoms with Gasteiger partial charge in [-0.1, -0.05) is 72.1 Å². The number of nitrogens with one attached hydrogen (secondary N) is 2. The van der Waals surface area contributed by atoms with Crippen molar-refractivity contribution in [1.29, 1.82) is 0 Å². The van der Waals surface area contributed by atoms with Gasteiger partial charge in [0.1, 0.15) is 0 Å². The van der Waals surface area contributed by atoms with Crippen LogP contribution in [0, 0.1) is 25.7 Å². The Morgan fingerprint density at radius 1 is 0.914 bits per heavy atom. The van der Waals surface area contributed by atoms with Crippen LogP contribution < -0.4 is 15.4 Å². The van der Waals surface area contributed by atoms with E-state index in [0.29, 0.717) is 10.9 Å². The van der Waals surface area contributed by atoms with Gasteiger partial charge in [-0.3, -0.25) is 0 Å². The first-order valence-corrected chi connectivity index (χ1v) is 12.7. The molecule has 0 radical (unpaired) electrons. The van der Waals surface area contributed by atoms with Crippen LogP contribution in [-0.4, -0.2) is 21.1 Å². The molecule has 0 aromatic heterocycles. The van der Waals surface area contributed by atoms with Crippen molar-refractivity contribution < 1.29 is 14.9 Å². The zero-order valence-corrected chi connectivity index (χ0v) is 20.7. The normalized spacial score (nSPS) is 29.0. The topological polar surface area (TPSA) is 73.8 Å². The smallest absolute Gasteiger partial charge is 0.200 e. The van der Waals surface area contributed by atoms with Crippen LogP contribution in [-0.2, 0) is 0 Å². The first-order valence-electron chi connectivity index (χ1n) is 12.3. The van der Waals surface area contributed by atoms with E-state index in [-0.39, 0.29) is 35.3 Å². The molecule has 1 saturated heterocycles. The summed E-state index contributed by atoms with van der Waals surface area (Å²) in [6.07, 6.45) is 2.99. The van der Waals surface area contributed by atoms with Crippen LogP contribution in [0.5, 0.6) is 17.2 Å². The molecule has 4 N–H and O–H groups in total. The van der Waals surface area contributed by atoms with Gasteiger partial charge < -0.3 is 25.6 Å². The lowest BCUT2D eigenvalue weighted by Crippen LogP contribution is -2.73. The Morgan fingerprint density at radius 2 is 1.60 bits per heavy atom. The molecule has 2 heterocycles. The number of phenols is 2. The number of aromatic hydroxyl groups is 2. The van der Waals surface area contributed by atoms with Crippen molar-refractivity contribution >= 4 is 17.3 Å². The first-order chi connectivity index (χ1) is 16.9. The number of fused-ring (bicyclic) bond motifs is 1. The fourth-order valence-corrected chi connectivity index (χ4v) is 6.96. The molecule has 6 heteroatoms. The highest BCUT2D eigenvalue weighted by atomic mass is 32.1. The van der Waals surface area contributed by atoms with Gasteiger partial charge in [0.2, 0.25) is 5.75 Å². The van der Waals surface area contributed by atoms with Crippen LogP contribution in [0.3, 0.4) is 0 Å². The lowest BCUT2D eigenvalue weighted by Gasteiger charge is -2.59. The van der Waals surface area contributed by atoms with Crippen molar-refractivity contribution in [3.8, 4) is 17.2 Å². The van der Waals surface area contributed by atoms with E-state index >= 15 is 0 Å². The second kappa shape index (κ2) is 8.16. The largest absolute Gasteiger partial charge is 0.504 e. The summed E-state index contributed by atoms with van der Waals surface area (Å²) in [7, 11) is 0.